The van der Waals surface area contributed by atoms with E-state index in [0.717, 1.165) is 6.42 Å². The van der Waals surface area contributed by atoms with Crippen LogP contribution >= 0.6 is 0 Å². The van der Waals surface area contributed by atoms with Crippen molar-refractivity contribution in [3.63, 3.8) is 0 Å². The molecule has 0 aliphatic carbocycles. The highest BCUT2D eigenvalue weighted by molar-refractivity contribution is 5.43. The summed E-state index contributed by atoms with van der Waals surface area (Å²) in [5.41, 5.74) is 5.33. The zero-order chi connectivity index (χ0) is 14.1. The van der Waals surface area contributed by atoms with Crippen LogP contribution in [0.3, 0.4) is 0 Å². The number of hydrogen-bond acceptors (Lipinski definition) is 0. The Morgan fingerprint density at radius 3 is 2.17 bits per heavy atom. The monoisotopic (exact) mass is 244 g/mol. The molecule has 0 aromatic heterocycles. The lowest BCUT2D eigenvalue weighted by atomic mass is 9.95. The summed E-state index contributed by atoms with van der Waals surface area (Å²) >= 11 is 0. The van der Waals surface area contributed by atoms with E-state index in [4.69, 9.17) is 0 Å². The molecule has 0 N–H and O–H groups in total. The third-order valence-corrected chi connectivity index (χ3v) is 3.22. The predicted molar refractivity (Wildman–Crippen MR) is 84.7 cm³/mol. The number of rotatable bonds is 6. The summed E-state index contributed by atoms with van der Waals surface area (Å²) in [5, 5.41) is 0. The first kappa shape index (κ1) is 16.7. The molecule has 0 bridgehead atoms. The zero-order valence-corrected chi connectivity index (χ0v) is 12.9. The van der Waals surface area contributed by atoms with Crippen LogP contribution in [0.15, 0.2) is 59.3 Å². The van der Waals surface area contributed by atoms with Gasteiger partial charge in [0, 0.05) is 0 Å². The van der Waals surface area contributed by atoms with Crippen LogP contribution in [0.1, 0.15) is 48.0 Å². The maximum atomic E-state index is 3.75. The maximum Gasteiger partial charge on any atom is -0.0254 e. The van der Waals surface area contributed by atoms with Gasteiger partial charge in [-0.15, -0.1) is 0 Å². The normalized spacial score (nSPS) is 15.3. The Labute approximate surface area is 113 Å². The Balaban J connectivity index is 5.44. The second kappa shape index (κ2) is 8.74. The standard InChI is InChI=1S/C18H28/c1-8-10-12-18(17(7)14(3)4)13-16(6)15(5)11-9-2/h9-14H,2,8H2,1,3-7H3/b12-10-,15-11+,16-13+,18-17+. The molecule has 0 aliphatic heterocycles. The molecule has 0 aromatic carbocycles. The van der Waals surface area contributed by atoms with Gasteiger partial charge in [-0.2, -0.15) is 0 Å². The van der Waals surface area contributed by atoms with E-state index in [9.17, 15) is 0 Å². The molecule has 0 fully saturated rings. The molecule has 0 saturated heterocycles. The van der Waals surface area contributed by atoms with Crippen LogP contribution in [0, 0.1) is 5.92 Å². The molecule has 0 radical (unpaired) electrons. The predicted octanol–water partition coefficient (Wildman–Crippen LogP) is 6.00. The van der Waals surface area contributed by atoms with Gasteiger partial charge in [-0.05, 0) is 49.8 Å². The highest BCUT2D eigenvalue weighted by atomic mass is 14.1. The van der Waals surface area contributed by atoms with Gasteiger partial charge in [0.25, 0.3) is 0 Å². The topological polar surface area (TPSA) is 0 Å². The van der Waals surface area contributed by atoms with Gasteiger partial charge < -0.3 is 0 Å². The van der Waals surface area contributed by atoms with Crippen molar-refractivity contribution in [2.75, 3.05) is 0 Å². The largest absolute Gasteiger partial charge is 0.0991 e. The SMILES string of the molecule is C=C/C=C(C)/C(C)=C/C(/C=C\CC)=C(\C)C(C)C. The van der Waals surface area contributed by atoms with Crippen molar-refractivity contribution >= 4 is 0 Å². The molecular weight excluding hydrogens is 216 g/mol. The molecule has 100 valence electrons. The highest BCUT2D eigenvalue weighted by Crippen LogP contribution is 2.20. The molecule has 0 heteroatoms. The van der Waals surface area contributed by atoms with E-state index in [2.05, 4.69) is 72.4 Å². The van der Waals surface area contributed by atoms with Crippen LogP contribution < -0.4 is 0 Å². The van der Waals surface area contributed by atoms with E-state index in [0.29, 0.717) is 5.92 Å². The van der Waals surface area contributed by atoms with E-state index in [-0.39, 0.29) is 0 Å². The van der Waals surface area contributed by atoms with E-state index in [1.54, 1.807) is 0 Å². The van der Waals surface area contributed by atoms with Gasteiger partial charge in [-0.1, -0.05) is 63.3 Å². The van der Waals surface area contributed by atoms with E-state index >= 15 is 0 Å². The lowest BCUT2D eigenvalue weighted by Crippen LogP contribution is -1.94. The summed E-state index contributed by atoms with van der Waals surface area (Å²) in [7, 11) is 0. The second-order valence-electron chi connectivity index (χ2n) is 5.02. The highest BCUT2D eigenvalue weighted by Gasteiger charge is 2.02. The first-order chi connectivity index (χ1) is 8.43. The van der Waals surface area contributed by atoms with Crippen LogP contribution in [0.25, 0.3) is 0 Å². The molecule has 0 aliphatic rings. The average Bonchev–Trinajstić information content (AvgIpc) is 2.33. The summed E-state index contributed by atoms with van der Waals surface area (Å²) in [6.45, 7) is 16.9. The van der Waals surface area contributed by atoms with E-state index in [1.807, 2.05) is 6.08 Å². The summed E-state index contributed by atoms with van der Waals surface area (Å²) in [6, 6.07) is 0. The first-order valence-electron chi connectivity index (χ1n) is 6.79. The summed E-state index contributed by atoms with van der Waals surface area (Å²) < 4.78 is 0. The first-order valence-corrected chi connectivity index (χ1v) is 6.79. The van der Waals surface area contributed by atoms with Gasteiger partial charge in [0.1, 0.15) is 0 Å². The third kappa shape index (κ3) is 5.86. The Bertz CT molecular complexity index is 384. The Hall–Kier alpha value is -1.30. The van der Waals surface area contributed by atoms with Crippen molar-refractivity contribution in [1.82, 2.24) is 0 Å². The molecule has 0 nitrogen and oxygen atoms in total. The summed E-state index contributed by atoms with van der Waals surface area (Å²) in [4.78, 5) is 0. The minimum Gasteiger partial charge on any atom is -0.0991 e. The van der Waals surface area contributed by atoms with Gasteiger partial charge >= 0.3 is 0 Å². The van der Waals surface area contributed by atoms with Crippen molar-refractivity contribution in [2.45, 2.75) is 48.0 Å². The molecule has 0 unspecified atom stereocenters. The van der Waals surface area contributed by atoms with Crippen molar-refractivity contribution < 1.29 is 0 Å². The Morgan fingerprint density at radius 2 is 1.72 bits per heavy atom. The Kier molecular flexibility index (Phi) is 8.11. The molecule has 18 heavy (non-hydrogen) atoms. The quantitative estimate of drug-likeness (QED) is 0.502. The van der Waals surface area contributed by atoms with E-state index < -0.39 is 0 Å². The van der Waals surface area contributed by atoms with Gasteiger partial charge in [0.05, 0.1) is 0 Å². The summed E-state index contributed by atoms with van der Waals surface area (Å²) in [6.07, 6.45) is 11.7. The summed E-state index contributed by atoms with van der Waals surface area (Å²) in [5.74, 6) is 0.578. The molecule has 0 aromatic rings. The Morgan fingerprint density at radius 1 is 1.11 bits per heavy atom. The van der Waals surface area contributed by atoms with Crippen LogP contribution in [0.4, 0.5) is 0 Å². The maximum absolute atomic E-state index is 3.75. The molecule has 0 heterocycles. The number of hydrogen-bond donors (Lipinski definition) is 0. The zero-order valence-electron chi connectivity index (χ0n) is 12.9. The van der Waals surface area contributed by atoms with Crippen LogP contribution in [0.5, 0.6) is 0 Å². The van der Waals surface area contributed by atoms with Crippen molar-refractivity contribution in [2.24, 2.45) is 5.92 Å². The van der Waals surface area contributed by atoms with Crippen molar-refractivity contribution in [3.8, 4) is 0 Å². The van der Waals surface area contributed by atoms with Crippen molar-refractivity contribution in [3.05, 3.63) is 59.3 Å². The fourth-order valence-corrected chi connectivity index (χ4v) is 1.53. The minimum atomic E-state index is 0.578. The molecule has 0 atom stereocenters. The lowest BCUT2D eigenvalue weighted by molar-refractivity contribution is 0.763. The second-order valence-corrected chi connectivity index (χ2v) is 5.02. The van der Waals surface area contributed by atoms with Gasteiger partial charge in [0.2, 0.25) is 0 Å². The van der Waals surface area contributed by atoms with Crippen LogP contribution in [-0.4, -0.2) is 0 Å². The van der Waals surface area contributed by atoms with Gasteiger partial charge in [-0.3, -0.25) is 0 Å². The molecule has 0 spiro atoms. The molecule has 0 saturated carbocycles. The molecule has 0 rings (SSSR count). The van der Waals surface area contributed by atoms with Crippen LogP contribution in [0.2, 0.25) is 0 Å². The average molecular weight is 244 g/mol. The molecule has 0 amide bonds. The molecular formula is C18H28. The van der Waals surface area contributed by atoms with Gasteiger partial charge in [0.15, 0.2) is 0 Å². The lowest BCUT2D eigenvalue weighted by Gasteiger charge is -2.10. The number of allylic oxidation sites excluding steroid dienone is 9. The van der Waals surface area contributed by atoms with E-state index in [1.165, 1.54) is 22.3 Å². The van der Waals surface area contributed by atoms with Gasteiger partial charge in [-0.25, -0.2) is 0 Å². The third-order valence-electron chi connectivity index (χ3n) is 3.22. The van der Waals surface area contributed by atoms with Crippen molar-refractivity contribution in [1.29, 1.82) is 0 Å². The fourth-order valence-electron chi connectivity index (χ4n) is 1.53. The minimum absolute atomic E-state index is 0.578. The van der Waals surface area contributed by atoms with Crippen LogP contribution in [-0.2, 0) is 0 Å². The fraction of sp³-hybridized carbons (Fsp3) is 0.444. The smallest absolute Gasteiger partial charge is 0.0254 e.